The predicted molar refractivity (Wildman–Crippen MR) is 80.2 cm³/mol. The van der Waals surface area contributed by atoms with Crippen molar-refractivity contribution in [1.82, 2.24) is 4.90 Å². The van der Waals surface area contributed by atoms with Crippen molar-refractivity contribution in [3.63, 3.8) is 0 Å². The Balaban J connectivity index is 2.30. The molecule has 1 aromatic carbocycles. The third-order valence-corrected chi connectivity index (χ3v) is 4.37. The summed E-state index contributed by atoms with van der Waals surface area (Å²) in [6, 6.07) is 6.52. The number of likely N-dealkylation sites (tertiary alicyclic amines) is 1. The lowest BCUT2D eigenvalue weighted by molar-refractivity contribution is -0.0366. The number of aliphatic hydroxyl groups excluding tert-OH is 1. The largest absolute Gasteiger partial charge is 0.395 e. The van der Waals surface area contributed by atoms with E-state index in [1.54, 1.807) is 0 Å². The molecule has 1 aliphatic rings. The highest BCUT2D eigenvalue weighted by Crippen LogP contribution is 2.33. The average molecular weight is 278 g/mol. The Morgan fingerprint density at radius 2 is 2.05 bits per heavy atom. The molecule has 0 aliphatic carbocycles. The maximum Gasteiger partial charge on any atom is 0.120 e. The van der Waals surface area contributed by atoms with Crippen LogP contribution in [-0.2, 0) is 4.84 Å². The molecule has 0 aromatic heterocycles. The molecule has 3 N–H and O–H groups in total. The first-order valence-electron chi connectivity index (χ1n) is 7.45. The highest BCUT2D eigenvalue weighted by atomic mass is 16.6. The second kappa shape index (κ2) is 7.18. The van der Waals surface area contributed by atoms with Crippen LogP contribution in [0.3, 0.4) is 0 Å². The molecule has 0 bridgehead atoms. The van der Waals surface area contributed by atoms with E-state index in [-0.39, 0.29) is 18.8 Å². The molecule has 2 atom stereocenters. The molecule has 4 heteroatoms. The van der Waals surface area contributed by atoms with Crippen LogP contribution in [-0.4, -0.2) is 35.7 Å². The Morgan fingerprint density at radius 1 is 1.35 bits per heavy atom. The molecule has 1 saturated heterocycles. The fraction of sp³-hybridized carbons (Fsp3) is 0.625. The zero-order valence-electron chi connectivity index (χ0n) is 12.5. The zero-order valence-corrected chi connectivity index (χ0v) is 12.5. The quantitative estimate of drug-likeness (QED) is 0.810. The van der Waals surface area contributed by atoms with Gasteiger partial charge in [-0.3, -0.25) is 9.74 Å². The number of nitrogens with two attached hydrogens (primary N) is 1. The number of aryl methyl sites for hydroxylation is 2. The van der Waals surface area contributed by atoms with Crippen LogP contribution in [0, 0.1) is 13.8 Å². The van der Waals surface area contributed by atoms with Gasteiger partial charge in [0.05, 0.1) is 6.61 Å². The Labute approximate surface area is 121 Å². The lowest BCUT2D eigenvalue weighted by Crippen LogP contribution is -2.46. The minimum atomic E-state index is -0.122. The van der Waals surface area contributed by atoms with Gasteiger partial charge in [-0.2, -0.15) is 0 Å². The average Bonchev–Trinajstić information content (AvgIpc) is 2.44. The van der Waals surface area contributed by atoms with Crippen molar-refractivity contribution in [3.05, 3.63) is 34.9 Å². The number of benzene rings is 1. The molecular formula is C16H26N2O2. The van der Waals surface area contributed by atoms with E-state index in [9.17, 15) is 5.11 Å². The SMILES string of the molecule is Cc1cccc(C)c1C(ON)C1CCCCN1CCO. The van der Waals surface area contributed by atoms with Gasteiger partial charge in [0.15, 0.2) is 0 Å². The maximum absolute atomic E-state index is 9.26. The summed E-state index contributed by atoms with van der Waals surface area (Å²) in [5, 5.41) is 9.26. The van der Waals surface area contributed by atoms with E-state index in [4.69, 9.17) is 10.7 Å². The van der Waals surface area contributed by atoms with Gasteiger partial charge in [0.25, 0.3) is 0 Å². The third kappa shape index (κ3) is 3.20. The normalized spacial score (nSPS) is 21.9. The van der Waals surface area contributed by atoms with Crippen LogP contribution in [0.1, 0.15) is 42.1 Å². The summed E-state index contributed by atoms with van der Waals surface area (Å²) in [5.41, 5.74) is 3.63. The first-order chi connectivity index (χ1) is 9.69. The van der Waals surface area contributed by atoms with E-state index < -0.39 is 0 Å². The van der Waals surface area contributed by atoms with Crippen LogP contribution in [0.15, 0.2) is 18.2 Å². The molecule has 4 nitrogen and oxygen atoms in total. The van der Waals surface area contributed by atoms with Crippen LogP contribution >= 0.6 is 0 Å². The first kappa shape index (κ1) is 15.4. The number of hydrogen-bond acceptors (Lipinski definition) is 4. The summed E-state index contributed by atoms with van der Waals surface area (Å²) in [5.74, 6) is 5.64. The molecule has 2 unspecified atom stereocenters. The summed E-state index contributed by atoms with van der Waals surface area (Å²) < 4.78 is 0. The fourth-order valence-electron chi connectivity index (χ4n) is 3.39. The minimum absolute atomic E-state index is 0.122. The van der Waals surface area contributed by atoms with Crippen molar-refractivity contribution in [1.29, 1.82) is 0 Å². The monoisotopic (exact) mass is 278 g/mol. The minimum Gasteiger partial charge on any atom is -0.395 e. The molecule has 0 spiro atoms. The van der Waals surface area contributed by atoms with Gasteiger partial charge in [0.2, 0.25) is 0 Å². The molecule has 1 aromatic rings. The molecule has 0 amide bonds. The van der Waals surface area contributed by atoms with Crippen LogP contribution in [0.25, 0.3) is 0 Å². The van der Waals surface area contributed by atoms with E-state index in [2.05, 4.69) is 36.9 Å². The second-order valence-corrected chi connectivity index (χ2v) is 5.68. The first-order valence-corrected chi connectivity index (χ1v) is 7.45. The lowest BCUT2D eigenvalue weighted by Gasteiger charge is -2.40. The van der Waals surface area contributed by atoms with Crippen LogP contribution in [0.4, 0.5) is 0 Å². The van der Waals surface area contributed by atoms with E-state index in [1.165, 1.54) is 29.5 Å². The summed E-state index contributed by atoms with van der Waals surface area (Å²) in [7, 11) is 0. The van der Waals surface area contributed by atoms with Crippen molar-refractivity contribution in [2.24, 2.45) is 5.90 Å². The molecule has 1 fully saturated rings. The van der Waals surface area contributed by atoms with E-state index in [1.807, 2.05) is 0 Å². The lowest BCUT2D eigenvalue weighted by atomic mass is 9.88. The van der Waals surface area contributed by atoms with Gasteiger partial charge in [-0.25, -0.2) is 5.90 Å². The van der Waals surface area contributed by atoms with Gasteiger partial charge in [-0.15, -0.1) is 0 Å². The summed E-state index contributed by atoms with van der Waals surface area (Å²) in [6.07, 6.45) is 3.32. The number of nitrogens with zero attached hydrogens (tertiary/aromatic N) is 1. The Hall–Kier alpha value is -0.940. The molecule has 112 valence electrons. The predicted octanol–water partition coefficient (Wildman–Crippen LogP) is 2.08. The number of hydrogen-bond donors (Lipinski definition) is 2. The van der Waals surface area contributed by atoms with Crippen LogP contribution in [0.2, 0.25) is 0 Å². The summed E-state index contributed by atoms with van der Waals surface area (Å²) in [6.45, 7) is 6.09. The molecule has 1 heterocycles. The van der Waals surface area contributed by atoms with Crippen molar-refractivity contribution in [3.8, 4) is 0 Å². The van der Waals surface area contributed by atoms with Crippen molar-refractivity contribution in [2.45, 2.75) is 45.3 Å². The van der Waals surface area contributed by atoms with Crippen molar-refractivity contribution >= 4 is 0 Å². The highest BCUT2D eigenvalue weighted by molar-refractivity contribution is 5.36. The number of aliphatic hydroxyl groups is 1. The molecule has 20 heavy (non-hydrogen) atoms. The fourth-order valence-corrected chi connectivity index (χ4v) is 3.39. The number of rotatable bonds is 5. The Morgan fingerprint density at radius 3 is 2.65 bits per heavy atom. The highest BCUT2D eigenvalue weighted by Gasteiger charge is 2.32. The number of piperidine rings is 1. The van der Waals surface area contributed by atoms with Crippen LogP contribution < -0.4 is 5.90 Å². The third-order valence-electron chi connectivity index (χ3n) is 4.37. The van der Waals surface area contributed by atoms with E-state index in [0.29, 0.717) is 6.54 Å². The topological polar surface area (TPSA) is 58.7 Å². The molecular weight excluding hydrogens is 252 g/mol. The summed E-state index contributed by atoms with van der Waals surface area (Å²) >= 11 is 0. The summed E-state index contributed by atoms with van der Waals surface area (Å²) in [4.78, 5) is 7.70. The molecule has 1 aliphatic heterocycles. The van der Waals surface area contributed by atoms with E-state index >= 15 is 0 Å². The Bertz CT molecular complexity index is 414. The standard InChI is InChI=1S/C16H26N2O2/c1-12-6-5-7-13(2)15(12)16(20-17)14-8-3-4-9-18(14)10-11-19/h5-7,14,16,19H,3-4,8-11,17H2,1-2H3. The van der Waals surface area contributed by atoms with Gasteiger partial charge in [-0.05, 0) is 49.9 Å². The van der Waals surface area contributed by atoms with Gasteiger partial charge >= 0.3 is 0 Å². The van der Waals surface area contributed by atoms with Crippen molar-refractivity contribution < 1.29 is 9.94 Å². The zero-order chi connectivity index (χ0) is 14.5. The maximum atomic E-state index is 9.26. The molecule has 2 rings (SSSR count). The van der Waals surface area contributed by atoms with Crippen molar-refractivity contribution in [2.75, 3.05) is 19.7 Å². The second-order valence-electron chi connectivity index (χ2n) is 5.68. The van der Waals surface area contributed by atoms with Gasteiger partial charge in [0.1, 0.15) is 6.10 Å². The molecule has 0 radical (unpaired) electrons. The Kier molecular flexibility index (Phi) is 5.54. The van der Waals surface area contributed by atoms with Gasteiger partial charge < -0.3 is 5.11 Å². The van der Waals surface area contributed by atoms with E-state index in [0.717, 1.165) is 13.0 Å². The molecule has 0 saturated carbocycles. The van der Waals surface area contributed by atoms with Gasteiger partial charge in [-0.1, -0.05) is 24.6 Å². The van der Waals surface area contributed by atoms with Crippen LogP contribution in [0.5, 0.6) is 0 Å². The van der Waals surface area contributed by atoms with Gasteiger partial charge in [0, 0.05) is 12.6 Å². The smallest absolute Gasteiger partial charge is 0.120 e. The number of β-amino-alcohol motifs (C(OH)–C–C–N with tert-alkyl or cyclic N) is 1.